The van der Waals surface area contributed by atoms with Crippen LogP contribution in [0.5, 0.6) is 0 Å². The van der Waals surface area contributed by atoms with Crippen LogP contribution in [0.25, 0.3) is 0 Å². The van der Waals surface area contributed by atoms with Crippen LogP contribution in [0.15, 0.2) is 0 Å². The number of rotatable bonds is 2. The number of nitrogen functional groups attached to an aromatic ring is 1. The average Bonchev–Trinajstić information content (AvgIpc) is 2.79. The summed E-state index contributed by atoms with van der Waals surface area (Å²) in [6, 6.07) is 0. The zero-order valence-corrected chi connectivity index (χ0v) is 8.50. The van der Waals surface area contributed by atoms with Gasteiger partial charge in [-0.25, -0.2) is 0 Å². The van der Waals surface area contributed by atoms with Crippen molar-refractivity contribution in [3.63, 3.8) is 0 Å². The second-order valence-electron chi connectivity index (χ2n) is 2.73. The minimum Gasteiger partial charge on any atom is -0.395 e. The van der Waals surface area contributed by atoms with E-state index in [4.69, 9.17) is 5.73 Å². The van der Waals surface area contributed by atoms with Crippen LogP contribution in [0, 0.1) is 6.92 Å². The highest BCUT2D eigenvalue weighted by atomic mass is 32.1. The molecule has 0 radical (unpaired) electrons. The maximum atomic E-state index is 11.6. The topological polar surface area (TPSA) is 122 Å². The summed E-state index contributed by atoms with van der Waals surface area (Å²) in [5.41, 5.74) is 6.74. The molecule has 2 heterocycles. The van der Waals surface area contributed by atoms with Crippen molar-refractivity contribution in [2.45, 2.75) is 6.92 Å². The summed E-state index contributed by atoms with van der Waals surface area (Å²) in [4.78, 5) is 11.6. The Kier molecular flexibility index (Phi) is 2.29. The summed E-state index contributed by atoms with van der Waals surface area (Å²) in [6.45, 7) is 1.73. The van der Waals surface area contributed by atoms with Gasteiger partial charge < -0.3 is 5.73 Å². The fourth-order valence-corrected chi connectivity index (χ4v) is 1.31. The van der Waals surface area contributed by atoms with E-state index in [1.165, 1.54) is 0 Å². The lowest BCUT2D eigenvalue weighted by atomic mass is 10.3. The first-order valence-corrected chi connectivity index (χ1v) is 4.72. The van der Waals surface area contributed by atoms with Crippen LogP contribution >= 0.6 is 11.5 Å². The number of H-pyrrole nitrogens is 1. The molecule has 2 aromatic rings. The number of nitrogens with zero attached hydrogens (tertiary/aromatic N) is 4. The molecule has 15 heavy (non-hydrogen) atoms. The first-order valence-electron chi connectivity index (χ1n) is 3.95. The molecule has 0 aliphatic rings. The Balaban J connectivity index is 2.19. The Hall–Kier alpha value is -2.03. The van der Waals surface area contributed by atoms with E-state index in [-0.39, 0.29) is 5.69 Å². The van der Waals surface area contributed by atoms with Crippen molar-refractivity contribution in [3.8, 4) is 0 Å². The third kappa shape index (κ3) is 1.76. The van der Waals surface area contributed by atoms with Crippen molar-refractivity contribution < 1.29 is 4.79 Å². The molecular formula is C6H7N7OS. The van der Waals surface area contributed by atoms with Crippen molar-refractivity contribution in [3.05, 3.63) is 11.4 Å². The van der Waals surface area contributed by atoms with E-state index in [0.717, 1.165) is 11.5 Å². The minimum atomic E-state index is -0.435. The van der Waals surface area contributed by atoms with Crippen LogP contribution in [0.4, 0.5) is 10.8 Å². The van der Waals surface area contributed by atoms with E-state index in [9.17, 15) is 4.79 Å². The molecule has 2 aromatic heterocycles. The van der Waals surface area contributed by atoms with Crippen LogP contribution in [0.1, 0.15) is 16.2 Å². The molecule has 8 nitrogen and oxygen atoms in total. The van der Waals surface area contributed by atoms with Gasteiger partial charge >= 0.3 is 0 Å². The number of nitrogens with one attached hydrogen (secondary N) is 2. The molecule has 0 fully saturated rings. The quantitative estimate of drug-likeness (QED) is 0.650. The Labute approximate surface area is 88.0 Å². The van der Waals surface area contributed by atoms with Gasteiger partial charge in [-0.05, 0) is 12.1 Å². The zero-order valence-electron chi connectivity index (χ0n) is 7.68. The van der Waals surface area contributed by atoms with Gasteiger partial charge in [-0.1, -0.05) is 9.59 Å². The SMILES string of the molecule is Cc1[nH]nc(C(=O)Nc2nnns2)c1N. The van der Waals surface area contributed by atoms with Gasteiger partial charge in [0.1, 0.15) is 0 Å². The standard InChI is InChI=1S/C6H7N7OS/c1-2-3(7)4(10-9-2)5(14)8-6-11-12-13-15-6/h7H2,1H3,(H,9,10)(H,8,11,13,14). The Morgan fingerprint density at radius 2 is 2.40 bits per heavy atom. The smallest absolute Gasteiger partial charge is 0.280 e. The lowest BCUT2D eigenvalue weighted by Gasteiger charge is -1.97. The number of amides is 1. The van der Waals surface area contributed by atoms with Crippen molar-refractivity contribution >= 4 is 28.3 Å². The van der Waals surface area contributed by atoms with Gasteiger partial charge in [-0.2, -0.15) is 5.10 Å². The van der Waals surface area contributed by atoms with E-state index in [1.807, 2.05) is 0 Å². The molecule has 9 heteroatoms. The molecule has 0 atom stereocenters. The first-order chi connectivity index (χ1) is 7.18. The van der Waals surface area contributed by atoms with E-state index in [1.54, 1.807) is 6.92 Å². The van der Waals surface area contributed by atoms with Crippen LogP contribution in [-0.2, 0) is 0 Å². The minimum absolute atomic E-state index is 0.141. The number of carbonyl (C=O) groups excluding carboxylic acids is 1. The monoisotopic (exact) mass is 225 g/mol. The number of hydrogen-bond acceptors (Lipinski definition) is 7. The Bertz CT molecular complexity index is 476. The molecule has 0 saturated carbocycles. The molecule has 0 aliphatic heterocycles. The van der Waals surface area contributed by atoms with E-state index in [2.05, 4.69) is 30.3 Å². The summed E-state index contributed by atoms with van der Waals surface area (Å²) in [7, 11) is 0. The predicted molar refractivity (Wildman–Crippen MR) is 53.4 cm³/mol. The maximum Gasteiger partial charge on any atom is 0.280 e. The summed E-state index contributed by atoms with van der Waals surface area (Å²) < 4.78 is 3.50. The number of aromatic nitrogens is 5. The third-order valence-electron chi connectivity index (χ3n) is 1.73. The molecule has 0 aliphatic carbocycles. The molecule has 0 aromatic carbocycles. The average molecular weight is 225 g/mol. The van der Waals surface area contributed by atoms with Gasteiger partial charge in [0.05, 0.1) is 11.4 Å². The Morgan fingerprint density at radius 3 is 2.93 bits per heavy atom. The summed E-state index contributed by atoms with van der Waals surface area (Å²) in [6.07, 6.45) is 0. The molecule has 78 valence electrons. The molecule has 4 N–H and O–H groups in total. The fourth-order valence-electron chi connectivity index (χ4n) is 0.949. The van der Waals surface area contributed by atoms with Gasteiger partial charge in [0, 0.05) is 11.5 Å². The number of aromatic amines is 1. The van der Waals surface area contributed by atoms with Crippen molar-refractivity contribution in [2.24, 2.45) is 0 Å². The lowest BCUT2D eigenvalue weighted by molar-refractivity contribution is 0.102. The van der Waals surface area contributed by atoms with E-state index >= 15 is 0 Å². The summed E-state index contributed by atoms with van der Waals surface area (Å²) >= 11 is 0.976. The molecule has 0 spiro atoms. The third-order valence-corrected chi connectivity index (χ3v) is 2.24. The second kappa shape index (κ2) is 3.61. The van der Waals surface area contributed by atoms with E-state index < -0.39 is 5.91 Å². The number of anilines is 2. The maximum absolute atomic E-state index is 11.6. The highest BCUT2D eigenvalue weighted by molar-refractivity contribution is 7.09. The molecular weight excluding hydrogens is 218 g/mol. The van der Waals surface area contributed by atoms with Crippen LogP contribution in [0.3, 0.4) is 0 Å². The van der Waals surface area contributed by atoms with Crippen molar-refractivity contribution in [1.82, 2.24) is 25.0 Å². The molecule has 0 bridgehead atoms. The molecule has 2 rings (SSSR count). The van der Waals surface area contributed by atoms with Crippen LogP contribution < -0.4 is 11.1 Å². The van der Waals surface area contributed by atoms with Gasteiger partial charge in [-0.3, -0.25) is 15.2 Å². The zero-order chi connectivity index (χ0) is 10.8. The van der Waals surface area contributed by atoms with Gasteiger partial charge in [0.25, 0.3) is 5.91 Å². The largest absolute Gasteiger partial charge is 0.395 e. The summed E-state index contributed by atoms with van der Waals surface area (Å²) in [5.74, 6) is -0.435. The molecule has 0 unspecified atom stereocenters. The van der Waals surface area contributed by atoms with Crippen LogP contribution in [-0.4, -0.2) is 30.9 Å². The highest BCUT2D eigenvalue weighted by Crippen LogP contribution is 2.14. The molecule has 0 saturated heterocycles. The van der Waals surface area contributed by atoms with Crippen molar-refractivity contribution in [2.75, 3.05) is 11.1 Å². The van der Waals surface area contributed by atoms with Gasteiger partial charge in [0.15, 0.2) is 5.69 Å². The number of nitrogens with two attached hydrogens (primary N) is 1. The number of carbonyl (C=O) groups is 1. The van der Waals surface area contributed by atoms with Crippen molar-refractivity contribution in [1.29, 1.82) is 0 Å². The lowest BCUT2D eigenvalue weighted by Crippen LogP contribution is -2.14. The fraction of sp³-hybridized carbons (Fsp3) is 0.167. The predicted octanol–water partition coefficient (Wildman–Crippen LogP) is -0.201. The first kappa shape index (κ1) is 9.52. The van der Waals surface area contributed by atoms with E-state index in [0.29, 0.717) is 16.5 Å². The van der Waals surface area contributed by atoms with Gasteiger partial charge in [-0.15, -0.1) is 0 Å². The summed E-state index contributed by atoms with van der Waals surface area (Å²) in [5, 5.41) is 16.1. The second-order valence-corrected chi connectivity index (χ2v) is 3.47. The van der Waals surface area contributed by atoms with Gasteiger partial charge in [0.2, 0.25) is 5.13 Å². The Morgan fingerprint density at radius 1 is 1.60 bits per heavy atom. The highest BCUT2D eigenvalue weighted by Gasteiger charge is 2.16. The molecule has 1 amide bonds. The number of aryl methyl sites for hydroxylation is 1. The number of hydrogen-bond donors (Lipinski definition) is 3. The normalized spacial score (nSPS) is 10.2. The van der Waals surface area contributed by atoms with Crippen LogP contribution in [0.2, 0.25) is 0 Å².